The molecule has 1 aromatic carbocycles. The average Bonchev–Trinajstić information content (AvgIpc) is 3.31. The van der Waals surface area contributed by atoms with Crippen LogP contribution < -0.4 is 10.6 Å². The molecule has 0 bridgehead atoms. The Morgan fingerprint density at radius 2 is 2.14 bits per heavy atom. The number of nitrogens with one attached hydrogen (secondary N) is 3. The van der Waals surface area contributed by atoms with Crippen LogP contribution in [0.1, 0.15) is 62.3 Å². The summed E-state index contributed by atoms with van der Waals surface area (Å²) in [6.07, 6.45) is 4.11. The van der Waals surface area contributed by atoms with Crippen molar-refractivity contribution in [1.82, 2.24) is 15.5 Å². The van der Waals surface area contributed by atoms with Crippen LogP contribution in [0.25, 0.3) is 0 Å². The number of hydrogen-bond acceptors (Lipinski definition) is 5. The van der Waals surface area contributed by atoms with E-state index in [2.05, 4.69) is 26.9 Å². The second-order valence-corrected chi connectivity index (χ2v) is 8.33. The van der Waals surface area contributed by atoms with Crippen molar-refractivity contribution in [2.45, 2.75) is 70.4 Å². The highest BCUT2D eigenvalue weighted by molar-refractivity contribution is 5.85. The first-order valence-electron chi connectivity index (χ1n) is 10.4. The molecule has 1 fully saturated rings. The summed E-state index contributed by atoms with van der Waals surface area (Å²) in [7, 11) is 0. The summed E-state index contributed by atoms with van der Waals surface area (Å²) in [5.74, 6) is 1.32. The van der Waals surface area contributed by atoms with Crippen LogP contribution in [0.5, 0.6) is 0 Å². The van der Waals surface area contributed by atoms with Crippen molar-refractivity contribution in [3.8, 4) is 0 Å². The van der Waals surface area contributed by atoms with Gasteiger partial charge in [0.15, 0.2) is 5.82 Å². The molecule has 1 saturated carbocycles. The molecule has 1 aromatic heterocycles. The molecule has 154 valence electrons. The van der Waals surface area contributed by atoms with Gasteiger partial charge in [-0.2, -0.15) is 5.10 Å². The molecule has 7 nitrogen and oxygen atoms in total. The second kappa shape index (κ2) is 8.27. The van der Waals surface area contributed by atoms with Gasteiger partial charge in [0.05, 0.1) is 0 Å². The number of nitrogens with zero attached hydrogens (tertiary/aromatic N) is 1. The fraction of sp³-hybridized carbons (Fsp3) is 0.500. The van der Waals surface area contributed by atoms with Crippen molar-refractivity contribution < 1.29 is 14.3 Å². The Morgan fingerprint density at radius 1 is 1.28 bits per heavy atom. The number of benzene rings is 1. The summed E-state index contributed by atoms with van der Waals surface area (Å²) in [6, 6.07) is 8.20. The van der Waals surface area contributed by atoms with E-state index in [4.69, 9.17) is 4.74 Å². The minimum Gasteiger partial charge on any atom is -0.446 e. The van der Waals surface area contributed by atoms with E-state index in [1.165, 1.54) is 5.56 Å². The van der Waals surface area contributed by atoms with Gasteiger partial charge in [-0.1, -0.05) is 12.1 Å². The predicted octanol–water partition coefficient (Wildman–Crippen LogP) is 3.98. The SMILES string of the molecule is CC(C)NC(=O)OC1CC[C@H](c2cc(Nc3cccc4c3CC(=O)CC4)n[nH]2)C1. The van der Waals surface area contributed by atoms with Gasteiger partial charge in [0.1, 0.15) is 11.9 Å². The first-order chi connectivity index (χ1) is 14.0. The van der Waals surface area contributed by atoms with Gasteiger partial charge in [0.2, 0.25) is 0 Å². The van der Waals surface area contributed by atoms with Crippen LogP contribution in [-0.2, 0) is 22.4 Å². The molecule has 0 aliphatic heterocycles. The van der Waals surface area contributed by atoms with Gasteiger partial charge in [0, 0.05) is 42.2 Å². The lowest BCUT2D eigenvalue weighted by molar-refractivity contribution is -0.118. The Morgan fingerprint density at radius 3 is 2.97 bits per heavy atom. The number of aryl methyl sites for hydroxylation is 1. The van der Waals surface area contributed by atoms with Crippen molar-refractivity contribution >= 4 is 23.4 Å². The highest BCUT2D eigenvalue weighted by atomic mass is 16.6. The van der Waals surface area contributed by atoms with Crippen LogP contribution in [0.15, 0.2) is 24.3 Å². The minimum absolute atomic E-state index is 0.0642. The summed E-state index contributed by atoms with van der Waals surface area (Å²) in [6.45, 7) is 3.83. The molecule has 0 saturated heterocycles. The maximum absolute atomic E-state index is 11.9. The molecule has 1 amide bonds. The lowest BCUT2D eigenvalue weighted by atomic mass is 9.89. The average molecular weight is 396 g/mol. The molecule has 2 aromatic rings. The Bertz CT molecular complexity index is 905. The number of anilines is 2. The zero-order chi connectivity index (χ0) is 20.4. The number of H-pyrrole nitrogens is 1. The van der Waals surface area contributed by atoms with Crippen LogP contribution in [0.4, 0.5) is 16.3 Å². The van der Waals surface area contributed by atoms with E-state index in [1.807, 2.05) is 32.0 Å². The molecular weight excluding hydrogens is 368 g/mol. The number of fused-ring (bicyclic) bond motifs is 1. The van der Waals surface area contributed by atoms with Crippen molar-refractivity contribution in [3.63, 3.8) is 0 Å². The zero-order valence-electron chi connectivity index (χ0n) is 17.0. The lowest BCUT2D eigenvalue weighted by Gasteiger charge is -2.18. The molecule has 4 rings (SSSR count). The fourth-order valence-corrected chi connectivity index (χ4v) is 4.25. The molecule has 1 heterocycles. The van der Waals surface area contributed by atoms with E-state index in [0.29, 0.717) is 18.8 Å². The number of amides is 1. The molecular formula is C22H28N4O3. The topological polar surface area (TPSA) is 96.1 Å². The molecule has 2 atom stereocenters. The van der Waals surface area contributed by atoms with Crippen LogP contribution in [0, 0.1) is 0 Å². The van der Waals surface area contributed by atoms with Gasteiger partial charge in [-0.3, -0.25) is 9.89 Å². The maximum Gasteiger partial charge on any atom is 0.407 e. The number of Topliss-reactive ketones (excluding diaryl/α,β-unsaturated/α-hetero) is 1. The number of ketones is 1. The highest BCUT2D eigenvalue weighted by Crippen LogP contribution is 2.36. The summed E-state index contributed by atoms with van der Waals surface area (Å²) >= 11 is 0. The summed E-state index contributed by atoms with van der Waals surface area (Å²) in [5.41, 5.74) is 4.31. The summed E-state index contributed by atoms with van der Waals surface area (Å²) < 4.78 is 5.52. The van der Waals surface area contributed by atoms with Crippen LogP contribution in [0.2, 0.25) is 0 Å². The Hall–Kier alpha value is -2.83. The molecule has 3 N–H and O–H groups in total. The zero-order valence-corrected chi connectivity index (χ0v) is 17.0. The number of rotatable bonds is 5. The summed E-state index contributed by atoms with van der Waals surface area (Å²) in [5, 5.41) is 13.7. The predicted molar refractivity (Wildman–Crippen MR) is 110 cm³/mol. The molecule has 0 radical (unpaired) electrons. The van der Waals surface area contributed by atoms with Crippen molar-refractivity contribution in [2.24, 2.45) is 0 Å². The van der Waals surface area contributed by atoms with Gasteiger partial charge >= 0.3 is 6.09 Å². The molecule has 0 spiro atoms. The van der Waals surface area contributed by atoms with Crippen molar-refractivity contribution in [1.29, 1.82) is 0 Å². The quantitative estimate of drug-likeness (QED) is 0.710. The molecule has 29 heavy (non-hydrogen) atoms. The monoisotopic (exact) mass is 396 g/mol. The van der Waals surface area contributed by atoms with E-state index in [0.717, 1.165) is 48.4 Å². The van der Waals surface area contributed by atoms with Gasteiger partial charge in [0.25, 0.3) is 0 Å². The van der Waals surface area contributed by atoms with Gasteiger partial charge in [-0.25, -0.2) is 4.79 Å². The van der Waals surface area contributed by atoms with Gasteiger partial charge in [-0.05, 0) is 56.7 Å². The third-order valence-corrected chi connectivity index (χ3v) is 5.69. The Labute approximate surface area is 170 Å². The van der Waals surface area contributed by atoms with Crippen molar-refractivity contribution in [3.05, 3.63) is 41.1 Å². The number of carbonyl (C=O) groups excluding carboxylic acids is 2. The van der Waals surface area contributed by atoms with Crippen LogP contribution >= 0.6 is 0 Å². The number of ether oxygens (including phenoxy) is 1. The standard InChI is InChI=1S/C22H28N4O3/c1-13(2)23-22(28)29-17-9-7-15(10-17)20-12-21(26-25-20)24-19-5-3-4-14-6-8-16(27)11-18(14)19/h3-5,12-13,15,17H,6-11H2,1-2H3,(H,23,28)(H2,24,25,26)/t15-,17?/m0/s1. The minimum atomic E-state index is -0.346. The number of alkyl carbamates (subject to hydrolysis) is 1. The third kappa shape index (κ3) is 4.60. The first-order valence-corrected chi connectivity index (χ1v) is 10.4. The molecule has 1 unspecified atom stereocenters. The molecule has 7 heteroatoms. The number of carbonyl (C=O) groups is 2. The van der Waals surface area contributed by atoms with Crippen molar-refractivity contribution in [2.75, 3.05) is 5.32 Å². The number of hydrogen-bond donors (Lipinski definition) is 3. The van der Waals surface area contributed by atoms with E-state index in [-0.39, 0.29) is 24.0 Å². The maximum atomic E-state index is 11.9. The molecule has 2 aliphatic carbocycles. The number of aromatic nitrogens is 2. The lowest BCUT2D eigenvalue weighted by Crippen LogP contribution is -2.33. The third-order valence-electron chi connectivity index (χ3n) is 5.69. The number of aromatic amines is 1. The van der Waals surface area contributed by atoms with E-state index >= 15 is 0 Å². The normalized spacial score (nSPS) is 21.1. The molecule has 2 aliphatic rings. The smallest absolute Gasteiger partial charge is 0.407 e. The Kier molecular flexibility index (Phi) is 5.56. The van der Waals surface area contributed by atoms with E-state index in [1.54, 1.807) is 0 Å². The van der Waals surface area contributed by atoms with Gasteiger partial charge in [-0.15, -0.1) is 0 Å². The second-order valence-electron chi connectivity index (χ2n) is 8.33. The largest absolute Gasteiger partial charge is 0.446 e. The summed E-state index contributed by atoms with van der Waals surface area (Å²) in [4.78, 5) is 23.7. The van der Waals surface area contributed by atoms with E-state index < -0.39 is 0 Å². The fourth-order valence-electron chi connectivity index (χ4n) is 4.25. The van der Waals surface area contributed by atoms with Gasteiger partial charge < -0.3 is 15.4 Å². The first kappa shape index (κ1) is 19.5. The van der Waals surface area contributed by atoms with E-state index in [9.17, 15) is 9.59 Å². The van der Waals surface area contributed by atoms with Crippen LogP contribution in [0.3, 0.4) is 0 Å². The van der Waals surface area contributed by atoms with Crippen LogP contribution in [-0.4, -0.2) is 34.2 Å². The highest BCUT2D eigenvalue weighted by Gasteiger charge is 2.30. The Balaban J connectivity index is 1.39.